The summed E-state index contributed by atoms with van der Waals surface area (Å²) in [6, 6.07) is 13.6. The second kappa shape index (κ2) is 9.65. The lowest BCUT2D eigenvalue weighted by molar-refractivity contribution is -0.114. The zero-order chi connectivity index (χ0) is 21.5. The van der Waals surface area contributed by atoms with Gasteiger partial charge in [-0.15, -0.1) is 5.10 Å². The molecule has 0 unspecified atom stereocenters. The monoisotopic (exact) mass is 426 g/mol. The van der Waals surface area contributed by atoms with Crippen LogP contribution in [0.15, 0.2) is 53.7 Å². The van der Waals surface area contributed by atoms with E-state index in [0.717, 1.165) is 11.8 Å². The fourth-order valence-corrected chi connectivity index (χ4v) is 3.24. The van der Waals surface area contributed by atoms with E-state index < -0.39 is 5.97 Å². The Morgan fingerprint density at radius 3 is 2.67 bits per heavy atom. The van der Waals surface area contributed by atoms with Crippen molar-refractivity contribution in [1.82, 2.24) is 20.2 Å². The van der Waals surface area contributed by atoms with Crippen LogP contribution in [0.4, 0.5) is 11.4 Å². The molecule has 1 aromatic heterocycles. The van der Waals surface area contributed by atoms with E-state index in [0.29, 0.717) is 22.2 Å². The van der Waals surface area contributed by atoms with Gasteiger partial charge in [-0.2, -0.15) is 4.68 Å². The largest absolute Gasteiger partial charge is 0.465 e. The molecule has 2 N–H and O–H groups in total. The van der Waals surface area contributed by atoms with E-state index in [4.69, 9.17) is 4.74 Å². The van der Waals surface area contributed by atoms with Gasteiger partial charge in [-0.1, -0.05) is 30.0 Å². The van der Waals surface area contributed by atoms with Crippen LogP contribution in [0.2, 0.25) is 0 Å². The van der Waals surface area contributed by atoms with Crippen LogP contribution in [0.3, 0.4) is 0 Å². The van der Waals surface area contributed by atoms with Crippen LogP contribution >= 0.6 is 11.8 Å². The van der Waals surface area contributed by atoms with Gasteiger partial charge in [0.25, 0.3) is 0 Å². The van der Waals surface area contributed by atoms with Gasteiger partial charge in [0.05, 0.1) is 29.8 Å². The number of methoxy groups -OCH3 is 1. The number of para-hydroxylation sites is 1. The summed E-state index contributed by atoms with van der Waals surface area (Å²) in [6.07, 6.45) is 0. The number of hydrogen-bond acceptors (Lipinski definition) is 8. The van der Waals surface area contributed by atoms with Crippen molar-refractivity contribution in [2.24, 2.45) is 0 Å². The van der Waals surface area contributed by atoms with Gasteiger partial charge in [-0.05, 0) is 40.8 Å². The number of esters is 1. The van der Waals surface area contributed by atoms with Crippen LogP contribution < -0.4 is 10.6 Å². The molecule has 10 nitrogen and oxygen atoms in total. The summed E-state index contributed by atoms with van der Waals surface area (Å²) < 4.78 is 6.19. The van der Waals surface area contributed by atoms with Gasteiger partial charge in [0.15, 0.2) is 0 Å². The average molecular weight is 426 g/mol. The highest BCUT2D eigenvalue weighted by Crippen LogP contribution is 2.21. The first kappa shape index (κ1) is 21.0. The molecule has 0 aliphatic rings. The van der Waals surface area contributed by atoms with E-state index in [9.17, 15) is 14.4 Å². The summed E-state index contributed by atoms with van der Waals surface area (Å²) in [5, 5.41) is 17.3. The Morgan fingerprint density at radius 2 is 1.90 bits per heavy atom. The van der Waals surface area contributed by atoms with Gasteiger partial charge in [-0.3, -0.25) is 9.59 Å². The van der Waals surface area contributed by atoms with Crippen LogP contribution in [0, 0.1) is 0 Å². The van der Waals surface area contributed by atoms with E-state index >= 15 is 0 Å². The minimum Gasteiger partial charge on any atom is -0.465 e. The summed E-state index contributed by atoms with van der Waals surface area (Å²) in [4.78, 5) is 35.5. The first-order chi connectivity index (χ1) is 14.5. The number of nitrogens with zero attached hydrogens (tertiary/aromatic N) is 4. The van der Waals surface area contributed by atoms with Crippen molar-refractivity contribution in [1.29, 1.82) is 0 Å². The predicted octanol–water partition coefficient (Wildman–Crippen LogP) is 2.14. The lowest BCUT2D eigenvalue weighted by atomic mass is 10.2. The van der Waals surface area contributed by atoms with E-state index in [2.05, 4.69) is 26.2 Å². The van der Waals surface area contributed by atoms with Crippen LogP contribution in [-0.4, -0.2) is 50.9 Å². The third kappa shape index (κ3) is 5.20. The number of amides is 2. The van der Waals surface area contributed by atoms with Crippen molar-refractivity contribution >= 4 is 40.9 Å². The summed E-state index contributed by atoms with van der Waals surface area (Å²) in [5.41, 5.74) is 1.85. The third-order valence-electron chi connectivity index (χ3n) is 3.79. The molecule has 3 aromatic rings. The van der Waals surface area contributed by atoms with Crippen molar-refractivity contribution < 1.29 is 19.1 Å². The SMILES string of the molecule is COC(=O)c1ccccc1NC(=O)CSc1nnnn1-c1cccc(NC(C)=O)c1. The number of nitrogens with one attached hydrogen (secondary N) is 2. The maximum atomic E-state index is 12.4. The van der Waals surface area contributed by atoms with E-state index in [1.807, 2.05) is 0 Å². The first-order valence-corrected chi connectivity index (χ1v) is 9.73. The normalized spacial score (nSPS) is 10.3. The van der Waals surface area contributed by atoms with Crippen LogP contribution in [-0.2, 0) is 14.3 Å². The third-order valence-corrected chi connectivity index (χ3v) is 4.71. The number of carbonyl (C=O) groups is 3. The molecule has 0 fully saturated rings. The molecule has 0 radical (unpaired) electrons. The molecule has 0 spiro atoms. The van der Waals surface area contributed by atoms with Gasteiger partial charge in [0.1, 0.15) is 0 Å². The highest BCUT2D eigenvalue weighted by molar-refractivity contribution is 7.99. The molecular weight excluding hydrogens is 408 g/mol. The molecule has 2 amide bonds. The van der Waals surface area contributed by atoms with Crippen LogP contribution in [0.5, 0.6) is 0 Å². The second-order valence-electron chi connectivity index (χ2n) is 5.98. The number of thioether (sulfide) groups is 1. The van der Waals surface area contributed by atoms with Crippen molar-refractivity contribution in [3.63, 3.8) is 0 Å². The summed E-state index contributed by atoms with van der Waals surface area (Å²) in [6.45, 7) is 1.42. The molecule has 1 heterocycles. The van der Waals surface area contributed by atoms with Gasteiger partial charge in [0.2, 0.25) is 17.0 Å². The van der Waals surface area contributed by atoms with Crippen LogP contribution in [0.25, 0.3) is 5.69 Å². The summed E-state index contributed by atoms with van der Waals surface area (Å²) in [7, 11) is 1.28. The zero-order valence-corrected chi connectivity index (χ0v) is 17.0. The number of rotatable bonds is 7. The molecule has 0 saturated carbocycles. The van der Waals surface area contributed by atoms with Gasteiger partial charge < -0.3 is 15.4 Å². The Balaban J connectivity index is 1.69. The quantitative estimate of drug-likeness (QED) is 0.434. The van der Waals surface area contributed by atoms with Gasteiger partial charge >= 0.3 is 5.97 Å². The fraction of sp³-hybridized carbons (Fsp3) is 0.158. The number of ether oxygens (including phenoxy) is 1. The number of hydrogen-bond donors (Lipinski definition) is 2. The molecule has 11 heteroatoms. The lowest BCUT2D eigenvalue weighted by Gasteiger charge is -2.10. The number of benzene rings is 2. The second-order valence-corrected chi connectivity index (χ2v) is 6.92. The number of aromatic nitrogens is 4. The van der Waals surface area contributed by atoms with E-state index in [-0.39, 0.29) is 23.1 Å². The zero-order valence-electron chi connectivity index (χ0n) is 16.2. The Labute approximate surface area is 176 Å². The topological polar surface area (TPSA) is 128 Å². The Hall–Kier alpha value is -3.73. The molecule has 30 heavy (non-hydrogen) atoms. The van der Waals surface area contributed by atoms with Gasteiger partial charge in [-0.25, -0.2) is 4.79 Å². The molecule has 0 atom stereocenters. The maximum Gasteiger partial charge on any atom is 0.339 e. The minimum atomic E-state index is -0.540. The molecule has 3 rings (SSSR count). The molecular formula is C19H18N6O4S. The van der Waals surface area contributed by atoms with Gasteiger partial charge in [0, 0.05) is 12.6 Å². The molecule has 0 bridgehead atoms. The first-order valence-electron chi connectivity index (χ1n) is 8.74. The lowest BCUT2D eigenvalue weighted by Crippen LogP contribution is -2.17. The van der Waals surface area contributed by atoms with E-state index in [1.54, 1.807) is 48.5 Å². The Morgan fingerprint density at radius 1 is 1.10 bits per heavy atom. The molecule has 0 aliphatic heterocycles. The van der Waals surface area contributed by atoms with Crippen molar-refractivity contribution in [2.45, 2.75) is 12.1 Å². The molecule has 0 aliphatic carbocycles. The Kier molecular flexibility index (Phi) is 6.75. The fourth-order valence-electron chi connectivity index (χ4n) is 2.55. The average Bonchev–Trinajstić information content (AvgIpc) is 3.20. The number of anilines is 2. The highest BCUT2D eigenvalue weighted by Gasteiger charge is 2.15. The maximum absolute atomic E-state index is 12.4. The highest BCUT2D eigenvalue weighted by atomic mass is 32.2. The molecule has 154 valence electrons. The van der Waals surface area contributed by atoms with Crippen LogP contribution in [0.1, 0.15) is 17.3 Å². The van der Waals surface area contributed by atoms with E-state index in [1.165, 1.54) is 18.7 Å². The smallest absolute Gasteiger partial charge is 0.339 e. The number of tetrazole rings is 1. The number of carbonyl (C=O) groups excluding carboxylic acids is 3. The molecule has 0 saturated heterocycles. The standard InChI is InChI=1S/C19H18N6O4S/c1-12(26)20-13-6-5-7-14(10-13)25-19(22-23-24-25)30-11-17(27)21-16-9-4-3-8-15(16)18(28)29-2/h3-10H,11H2,1-2H3,(H,20,26)(H,21,27). The summed E-state index contributed by atoms with van der Waals surface area (Å²) >= 11 is 1.13. The van der Waals surface area contributed by atoms with Crippen molar-refractivity contribution in [2.75, 3.05) is 23.5 Å². The minimum absolute atomic E-state index is 0.0151. The van der Waals surface area contributed by atoms with Crippen molar-refractivity contribution in [3.05, 3.63) is 54.1 Å². The molecule has 2 aromatic carbocycles. The Bertz CT molecular complexity index is 1080. The van der Waals surface area contributed by atoms with Crippen molar-refractivity contribution in [3.8, 4) is 5.69 Å². The predicted molar refractivity (Wildman–Crippen MR) is 111 cm³/mol. The summed E-state index contributed by atoms with van der Waals surface area (Å²) in [5.74, 6) is -1.05.